The van der Waals surface area contributed by atoms with Crippen LogP contribution >= 0.6 is 23.2 Å². The molecule has 0 fully saturated rings. The number of ether oxygens (including phenoxy) is 1. The van der Waals surface area contributed by atoms with Crippen molar-refractivity contribution in [3.05, 3.63) is 64.2 Å². The van der Waals surface area contributed by atoms with Crippen LogP contribution in [0.5, 0.6) is 5.75 Å². The maximum absolute atomic E-state index is 12.5. The second-order valence-corrected chi connectivity index (χ2v) is 5.01. The first-order chi connectivity index (χ1) is 9.91. The molecule has 0 atom stereocenters. The molecule has 1 nitrogen and oxygen atoms in total. The third-order valence-corrected chi connectivity index (χ3v) is 3.51. The molecular weight excluding hydrogens is 324 g/mol. The Kier molecular flexibility index (Phi) is 5.01. The summed E-state index contributed by atoms with van der Waals surface area (Å²) in [5.74, 6) is 0.722. The van der Waals surface area contributed by atoms with Crippen molar-refractivity contribution in [1.29, 1.82) is 0 Å². The van der Waals surface area contributed by atoms with Crippen LogP contribution in [0.3, 0.4) is 0 Å². The van der Waals surface area contributed by atoms with Gasteiger partial charge in [0.25, 0.3) is 0 Å². The van der Waals surface area contributed by atoms with E-state index in [-0.39, 0.29) is 12.5 Å². The Bertz CT molecular complexity index is 609. The predicted octanol–water partition coefficient (Wildman–Crippen LogP) is 5.68. The highest BCUT2D eigenvalue weighted by Crippen LogP contribution is 2.30. The molecule has 0 N–H and O–H groups in total. The molecule has 0 saturated carbocycles. The zero-order chi connectivity index (χ0) is 15.5. The highest BCUT2D eigenvalue weighted by molar-refractivity contribution is 6.32. The van der Waals surface area contributed by atoms with Crippen LogP contribution in [0.2, 0.25) is 5.02 Å². The molecule has 0 amide bonds. The van der Waals surface area contributed by atoms with Crippen LogP contribution in [-0.4, -0.2) is 0 Å². The van der Waals surface area contributed by atoms with E-state index in [2.05, 4.69) is 0 Å². The van der Waals surface area contributed by atoms with Crippen LogP contribution in [-0.2, 0) is 18.7 Å². The van der Waals surface area contributed by atoms with Gasteiger partial charge in [-0.15, -0.1) is 11.6 Å². The Morgan fingerprint density at radius 3 is 2.24 bits per heavy atom. The lowest BCUT2D eigenvalue weighted by molar-refractivity contribution is -0.137. The molecule has 0 radical (unpaired) electrons. The zero-order valence-corrected chi connectivity index (χ0v) is 12.3. The molecule has 0 aliphatic carbocycles. The van der Waals surface area contributed by atoms with Crippen molar-refractivity contribution in [2.75, 3.05) is 0 Å². The van der Waals surface area contributed by atoms with Crippen LogP contribution in [0.1, 0.15) is 16.7 Å². The fraction of sp³-hybridized carbons (Fsp3) is 0.200. The van der Waals surface area contributed by atoms with Crippen molar-refractivity contribution >= 4 is 23.2 Å². The van der Waals surface area contributed by atoms with E-state index in [1.54, 1.807) is 18.2 Å². The first-order valence-corrected chi connectivity index (χ1v) is 6.95. The van der Waals surface area contributed by atoms with Crippen molar-refractivity contribution in [3.63, 3.8) is 0 Å². The van der Waals surface area contributed by atoms with Gasteiger partial charge in [-0.25, -0.2) is 0 Å². The molecular formula is C15H11Cl2F3O. The van der Waals surface area contributed by atoms with E-state index in [0.717, 1.165) is 12.1 Å². The molecule has 0 aliphatic rings. The van der Waals surface area contributed by atoms with Gasteiger partial charge in [-0.05, 0) is 29.8 Å². The van der Waals surface area contributed by atoms with Crippen LogP contribution in [0, 0.1) is 0 Å². The number of halogens is 5. The maximum Gasteiger partial charge on any atom is 0.416 e. The lowest BCUT2D eigenvalue weighted by Crippen LogP contribution is -2.05. The third kappa shape index (κ3) is 4.05. The van der Waals surface area contributed by atoms with Gasteiger partial charge in [-0.3, -0.25) is 0 Å². The lowest BCUT2D eigenvalue weighted by atomic mass is 10.1. The molecule has 2 aromatic carbocycles. The standard InChI is InChI=1S/C15H11Cl2F3O/c16-8-12-13(17)2-1-3-14(12)21-9-10-4-6-11(7-5-10)15(18,19)20/h1-7H,8-9H2. The van der Waals surface area contributed by atoms with Gasteiger partial charge < -0.3 is 4.74 Å². The summed E-state index contributed by atoms with van der Waals surface area (Å²) in [5, 5.41) is 0.495. The topological polar surface area (TPSA) is 9.23 Å². The van der Waals surface area contributed by atoms with Crippen LogP contribution < -0.4 is 4.74 Å². The monoisotopic (exact) mass is 334 g/mol. The Morgan fingerprint density at radius 2 is 1.67 bits per heavy atom. The summed E-state index contributed by atoms with van der Waals surface area (Å²) in [4.78, 5) is 0. The van der Waals surface area contributed by atoms with E-state index >= 15 is 0 Å². The van der Waals surface area contributed by atoms with Crippen molar-refractivity contribution in [2.45, 2.75) is 18.7 Å². The molecule has 2 aromatic rings. The van der Waals surface area contributed by atoms with E-state index in [1.165, 1.54) is 12.1 Å². The fourth-order valence-electron chi connectivity index (χ4n) is 1.75. The van der Waals surface area contributed by atoms with E-state index in [9.17, 15) is 13.2 Å². The molecule has 0 saturated heterocycles. The van der Waals surface area contributed by atoms with Crippen LogP contribution in [0.25, 0.3) is 0 Å². The average Bonchev–Trinajstić information content (AvgIpc) is 2.44. The number of alkyl halides is 4. The summed E-state index contributed by atoms with van der Waals surface area (Å²) in [5.41, 5.74) is 0.603. The summed E-state index contributed by atoms with van der Waals surface area (Å²) < 4.78 is 42.9. The van der Waals surface area contributed by atoms with Crippen LogP contribution in [0.15, 0.2) is 42.5 Å². The quantitative estimate of drug-likeness (QED) is 0.654. The van der Waals surface area contributed by atoms with Crippen LogP contribution in [0.4, 0.5) is 13.2 Å². The van der Waals surface area contributed by atoms with E-state index in [4.69, 9.17) is 27.9 Å². The highest BCUT2D eigenvalue weighted by Gasteiger charge is 2.29. The molecule has 112 valence electrons. The predicted molar refractivity (Wildman–Crippen MR) is 76.8 cm³/mol. The average molecular weight is 335 g/mol. The first-order valence-electron chi connectivity index (χ1n) is 6.04. The Morgan fingerprint density at radius 1 is 1.00 bits per heavy atom. The molecule has 0 heterocycles. The minimum absolute atomic E-state index is 0.141. The van der Waals surface area contributed by atoms with Gasteiger partial charge in [0.15, 0.2) is 0 Å². The molecule has 0 spiro atoms. The normalized spacial score (nSPS) is 11.5. The Balaban J connectivity index is 2.09. The summed E-state index contributed by atoms with van der Waals surface area (Å²) in [7, 11) is 0. The molecule has 0 aromatic heterocycles. The van der Waals surface area contributed by atoms with Gasteiger partial charge in [0.05, 0.1) is 11.4 Å². The fourth-order valence-corrected chi connectivity index (χ4v) is 2.33. The molecule has 0 aliphatic heterocycles. The molecule has 0 unspecified atom stereocenters. The van der Waals surface area contributed by atoms with Crippen molar-refractivity contribution in [1.82, 2.24) is 0 Å². The number of benzene rings is 2. The van der Waals surface area contributed by atoms with E-state index in [1.807, 2.05) is 0 Å². The van der Waals surface area contributed by atoms with Gasteiger partial charge >= 0.3 is 6.18 Å². The largest absolute Gasteiger partial charge is 0.489 e. The van der Waals surface area contributed by atoms with Crippen molar-refractivity contribution < 1.29 is 17.9 Å². The molecule has 21 heavy (non-hydrogen) atoms. The van der Waals surface area contributed by atoms with E-state index in [0.29, 0.717) is 21.9 Å². The number of hydrogen-bond acceptors (Lipinski definition) is 1. The van der Waals surface area contributed by atoms with Gasteiger partial charge in [0.1, 0.15) is 12.4 Å². The lowest BCUT2D eigenvalue weighted by Gasteiger charge is -2.12. The second kappa shape index (κ2) is 6.58. The molecule has 6 heteroatoms. The van der Waals surface area contributed by atoms with E-state index < -0.39 is 11.7 Å². The van der Waals surface area contributed by atoms with Gasteiger partial charge in [0.2, 0.25) is 0 Å². The minimum Gasteiger partial charge on any atom is -0.489 e. The van der Waals surface area contributed by atoms with Crippen molar-refractivity contribution in [2.24, 2.45) is 0 Å². The maximum atomic E-state index is 12.5. The smallest absolute Gasteiger partial charge is 0.416 e. The Labute approximate surface area is 130 Å². The first kappa shape index (κ1) is 16.0. The summed E-state index contributed by atoms with van der Waals surface area (Å²) in [6.07, 6.45) is -4.34. The Hall–Kier alpha value is -1.39. The summed E-state index contributed by atoms with van der Waals surface area (Å²) in [6, 6.07) is 9.96. The van der Waals surface area contributed by atoms with Gasteiger partial charge in [-0.2, -0.15) is 13.2 Å². The van der Waals surface area contributed by atoms with Gasteiger partial charge in [0, 0.05) is 10.6 Å². The molecule has 2 rings (SSSR count). The zero-order valence-electron chi connectivity index (χ0n) is 10.8. The SMILES string of the molecule is FC(F)(F)c1ccc(COc2cccc(Cl)c2CCl)cc1. The van der Waals surface area contributed by atoms with Crippen molar-refractivity contribution in [3.8, 4) is 5.75 Å². The highest BCUT2D eigenvalue weighted by atomic mass is 35.5. The summed E-state index contributed by atoms with van der Waals surface area (Å²) in [6.45, 7) is 0.141. The number of rotatable bonds is 4. The number of hydrogen-bond donors (Lipinski definition) is 0. The second-order valence-electron chi connectivity index (χ2n) is 4.33. The third-order valence-electron chi connectivity index (χ3n) is 2.89. The van der Waals surface area contributed by atoms with Gasteiger partial charge in [-0.1, -0.05) is 29.8 Å². The minimum atomic E-state index is -4.34. The summed E-state index contributed by atoms with van der Waals surface area (Å²) >= 11 is 11.8. The molecule has 0 bridgehead atoms.